The molecule has 1 aliphatic rings. The summed E-state index contributed by atoms with van der Waals surface area (Å²) in [7, 11) is 0. The van der Waals surface area contributed by atoms with E-state index in [4.69, 9.17) is 23.7 Å². The predicted molar refractivity (Wildman–Crippen MR) is 179 cm³/mol. The van der Waals surface area contributed by atoms with E-state index < -0.39 is 48.6 Å². The van der Waals surface area contributed by atoms with Gasteiger partial charge in [0, 0.05) is 12.0 Å². The molecule has 0 amide bonds. The zero-order valence-electron chi connectivity index (χ0n) is 27.0. The van der Waals surface area contributed by atoms with Crippen LogP contribution in [0.2, 0.25) is 0 Å². The van der Waals surface area contributed by atoms with E-state index in [0.29, 0.717) is 17.5 Å². The predicted octanol–water partition coefficient (Wildman–Crippen LogP) is 7.17. The van der Waals surface area contributed by atoms with Gasteiger partial charge in [-0.25, -0.2) is 14.4 Å². The molecule has 0 saturated carbocycles. The molecule has 48 heavy (non-hydrogen) atoms. The largest absolute Gasteiger partial charge is 0.453 e. The molecule has 1 unspecified atom stereocenters. The van der Waals surface area contributed by atoms with Gasteiger partial charge in [0.2, 0.25) is 6.29 Å². The van der Waals surface area contributed by atoms with Crippen LogP contribution in [0.25, 0.3) is 0 Å². The SMILES string of the molecule is CCCCC#Cc1ccccc1C(=O)OC1O[C@@H](C)[C@H](OC(=O)c2ccccc2)[C@@H](OCc2ccccc2)[C@H]1OC(=O)c1ccccc1. The normalized spacial score (nSPS) is 20.1. The van der Waals surface area contributed by atoms with Crippen molar-refractivity contribution in [2.45, 2.75) is 70.4 Å². The van der Waals surface area contributed by atoms with Gasteiger partial charge in [-0.1, -0.05) is 104 Å². The monoisotopic (exact) mass is 646 g/mol. The Morgan fingerprint density at radius 3 is 1.85 bits per heavy atom. The summed E-state index contributed by atoms with van der Waals surface area (Å²) >= 11 is 0. The first kappa shape index (κ1) is 34.1. The molecule has 0 aromatic heterocycles. The first-order valence-corrected chi connectivity index (χ1v) is 16.1. The Kier molecular flexibility index (Phi) is 12.1. The number of hydrogen-bond donors (Lipinski definition) is 0. The molecule has 5 rings (SSSR count). The molecule has 0 N–H and O–H groups in total. The fourth-order valence-corrected chi connectivity index (χ4v) is 5.21. The summed E-state index contributed by atoms with van der Waals surface area (Å²) in [6.45, 7) is 3.86. The summed E-state index contributed by atoms with van der Waals surface area (Å²) in [5, 5.41) is 0. The van der Waals surface area contributed by atoms with Gasteiger partial charge in [-0.2, -0.15) is 0 Å². The van der Waals surface area contributed by atoms with Crippen LogP contribution in [0, 0.1) is 11.8 Å². The third-order valence-electron chi connectivity index (χ3n) is 7.77. The maximum absolute atomic E-state index is 13.7. The third kappa shape index (κ3) is 8.97. The smallest absolute Gasteiger partial charge is 0.341 e. The van der Waals surface area contributed by atoms with Crippen molar-refractivity contribution in [2.75, 3.05) is 0 Å². The molecule has 8 nitrogen and oxygen atoms in total. The van der Waals surface area contributed by atoms with E-state index >= 15 is 0 Å². The van der Waals surface area contributed by atoms with Gasteiger partial charge >= 0.3 is 17.9 Å². The van der Waals surface area contributed by atoms with Crippen molar-refractivity contribution in [1.82, 2.24) is 0 Å². The van der Waals surface area contributed by atoms with Gasteiger partial charge in [-0.3, -0.25) is 0 Å². The molecule has 4 aromatic rings. The highest BCUT2D eigenvalue weighted by atomic mass is 16.7. The summed E-state index contributed by atoms with van der Waals surface area (Å²) < 4.78 is 30.6. The highest BCUT2D eigenvalue weighted by molar-refractivity contribution is 5.93. The summed E-state index contributed by atoms with van der Waals surface area (Å²) in [5.74, 6) is 4.17. The number of carbonyl (C=O) groups excluding carboxylic acids is 3. The number of unbranched alkanes of at least 4 members (excludes halogenated alkanes) is 2. The molecule has 5 atom stereocenters. The lowest BCUT2D eigenvalue weighted by Crippen LogP contribution is -2.61. The molecule has 8 heteroatoms. The fourth-order valence-electron chi connectivity index (χ4n) is 5.21. The van der Waals surface area contributed by atoms with Crippen LogP contribution in [0.1, 0.15) is 75.3 Å². The van der Waals surface area contributed by atoms with E-state index in [9.17, 15) is 14.4 Å². The summed E-state index contributed by atoms with van der Waals surface area (Å²) in [5.41, 5.74) is 2.18. The first-order chi connectivity index (χ1) is 23.4. The Labute approximate surface area is 280 Å². The Morgan fingerprint density at radius 2 is 1.23 bits per heavy atom. The average Bonchev–Trinajstić information content (AvgIpc) is 3.12. The van der Waals surface area contributed by atoms with E-state index in [1.54, 1.807) is 91.9 Å². The molecular weight excluding hydrogens is 608 g/mol. The maximum atomic E-state index is 13.7. The molecule has 0 bridgehead atoms. The van der Waals surface area contributed by atoms with Crippen LogP contribution in [0.4, 0.5) is 0 Å². The van der Waals surface area contributed by atoms with Crippen molar-refractivity contribution in [3.05, 3.63) is 143 Å². The van der Waals surface area contributed by atoms with Crippen LogP contribution >= 0.6 is 0 Å². The van der Waals surface area contributed by atoms with Crippen molar-refractivity contribution in [3.8, 4) is 11.8 Å². The molecule has 1 fully saturated rings. The van der Waals surface area contributed by atoms with Crippen LogP contribution in [0.15, 0.2) is 115 Å². The first-order valence-electron chi connectivity index (χ1n) is 16.1. The molecular formula is C40H38O8. The molecule has 0 spiro atoms. The van der Waals surface area contributed by atoms with Crippen molar-refractivity contribution in [2.24, 2.45) is 0 Å². The minimum absolute atomic E-state index is 0.0911. The number of carbonyl (C=O) groups is 3. The Morgan fingerprint density at radius 1 is 0.667 bits per heavy atom. The number of rotatable bonds is 11. The lowest BCUT2D eigenvalue weighted by molar-refractivity contribution is -0.285. The van der Waals surface area contributed by atoms with E-state index in [2.05, 4.69) is 18.8 Å². The molecule has 4 aromatic carbocycles. The van der Waals surface area contributed by atoms with Gasteiger partial charge < -0.3 is 23.7 Å². The Hall–Kier alpha value is -5.23. The van der Waals surface area contributed by atoms with Gasteiger partial charge in [0.05, 0.1) is 29.4 Å². The van der Waals surface area contributed by atoms with Crippen LogP contribution < -0.4 is 0 Å². The van der Waals surface area contributed by atoms with Gasteiger partial charge in [0.1, 0.15) is 6.10 Å². The second-order valence-electron chi connectivity index (χ2n) is 11.3. The summed E-state index contributed by atoms with van der Waals surface area (Å²) in [4.78, 5) is 40.5. The highest BCUT2D eigenvalue weighted by Gasteiger charge is 2.51. The quantitative estimate of drug-likeness (QED) is 0.0733. The topological polar surface area (TPSA) is 97.4 Å². The molecule has 1 heterocycles. The molecule has 1 saturated heterocycles. The van der Waals surface area contributed by atoms with Crippen molar-refractivity contribution < 1.29 is 38.1 Å². The van der Waals surface area contributed by atoms with Gasteiger partial charge in [0.25, 0.3) is 0 Å². The average molecular weight is 647 g/mol. The number of ether oxygens (including phenoxy) is 5. The lowest BCUT2D eigenvalue weighted by Gasteiger charge is -2.43. The molecule has 0 radical (unpaired) electrons. The van der Waals surface area contributed by atoms with Crippen LogP contribution in [0.3, 0.4) is 0 Å². The fraction of sp³-hybridized carbons (Fsp3) is 0.275. The molecule has 0 aliphatic carbocycles. The van der Waals surface area contributed by atoms with Crippen molar-refractivity contribution >= 4 is 17.9 Å². The van der Waals surface area contributed by atoms with Crippen LogP contribution in [-0.4, -0.2) is 48.6 Å². The minimum atomic E-state index is -1.41. The van der Waals surface area contributed by atoms with Crippen molar-refractivity contribution in [1.29, 1.82) is 0 Å². The lowest BCUT2D eigenvalue weighted by atomic mass is 9.98. The number of hydrogen-bond acceptors (Lipinski definition) is 8. The van der Waals surface area contributed by atoms with Gasteiger partial charge in [-0.05, 0) is 55.3 Å². The van der Waals surface area contributed by atoms with Gasteiger partial charge in [-0.15, -0.1) is 0 Å². The van der Waals surface area contributed by atoms with E-state index in [1.807, 2.05) is 30.3 Å². The Bertz CT molecular complexity index is 1710. The van der Waals surface area contributed by atoms with E-state index in [1.165, 1.54) is 0 Å². The summed E-state index contributed by atoms with van der Waals surface area (Å²) in [6.07, 6.45) is -3.03. The van der Waals surface area contributed by atoms with E-state index in [-0.39, 0.29) is 17.7 Å². The molecule has 246 valence electrons. The molecule has 1 aliphatic heterocycles. The number of esters is 3. The highest BCUT2D eigenvalue weighted by Crippen LogP contribution is 2.31. The second-order valence-corrected chi connectivity index (χ2v) is 11.3. The zero-order chi connectivity index (χ0) is 33.7. The number of benzene rings is 4. The van der Waals surface area contributed by atoms with Crippen molar-refractivity contribution in [3.63, 3.8) is 0 Å². The standard InChI is InChI=1S/C40H38O8/c1-3-4-5-11-20-30-21-16-17-26-33(30)39(43)48-40-36(47-38(42)32-24-14-8-15-25-32)35(44-27-29-18-9-6-10-19-29)34(28(2)45-40)46-37(41)31-22-12-7-13-23-31/h6-10,12-19,21-26,28,34-36,40H,3-5,27H2,1-2H3/t28-,34-,35+,36+,40?/m0/s1. The minimum Gasteiger partial charge on any atom is -0.453 e. The third-order valence-corrected chi connectivity index (χ3v) is 7.77. The van der Waals surface area contributed by atoms with Crippen LogP contribution in [-0.2, 0) is 30.3 Å². The second kappa shape index (κ2) is 17.1. The van der Waals surface area contributed by atoms with Gasteiger partial charge in [0.15, 0.2) is 12.2 Å². The maximum Gasteiger partial charge on any atom is 0.341 e. The zero-order valence-corrected chi connectivity index (χ0v) is 27.0. The Balaban J connectivity index is 1.48. The van der Waals surface area contributed by atoms with Crippen LogP contribution in [0.5, 0.6) is 0 Å². The summed E-state index contributed by atoms with van der Waals surface area (Å²) in [6, 6.07) is 33.2. The van der Waals surface area contributed by atoms with E-state index in [0.717, 1.165) is 18.4 Å².